The molecule has 0 saturated heterocycles. The van der Waals surface area contributed by atoms with E-state index in [0.29, 0.717) is 26.1 Å². The van der Waals surface area contributed by atoms with Gasteiger partial charge < -0.3 is 10.2 Å². The van der Waals surface area contributed by atoms with E-state index in [1.165, 1.54) is 5.56 Å². The number of nitrogens with one attached hydrogen (secondary N) is 1. The molecule has 0 saturated carbocycles. The smallest absolute Gasteiger partial charge is 0.238 e. The Morgan fingerprint density at radius 1 is 1.03 bits per heavy atom. The average molecular weight is 419 g/mol. The molecule has 8 heteroatoms. The van der Waals surface area contributed by atoms with E-state index in [4.69, 9.17) is 0 Å². The van der Waals surface area contributed by atoms with Gasteiger partial charge in [-0.15, -0.1) is 0 Å². The number of anilines is 1. The Morgan fingerprint density at radius 3 is 2.50 bits per heavy atom. The molecular weight excluding hydrogens is 395 g/mol. The predicted molar refractivity (Wildman–Crippen MR) is 107 cm³/mol. The summed E-state index contributed by atoms with van der Waals surface area (Å²) in [4.78, 5) is 28.5. The van der Waals surface area contributed by atoms with Crippen molar-refractivity contribution in [3.8, 4) is 0 Å². The standard InChI is InChI=1S/C22H24F3N3O2/c1-2-10-27(13-19(29)26-18-8-7-17(23)21(24)22(18)25)14-20(30)28-11-9-15-5-3-4-6-16(15)12-28/h3-8H,2,9-14H2,1H3,(H,26,29). The van der Waals surface area contributed by atoms with Crippen LogP contribution in [0.4, 0.5) is 18.9 Å². The molecule has 5 nitrogen and oxygen atoms in total. The fraction of sp³-hybridized carbons (Fsp3) is 0.364. The van der Waals surface area contributed by atoms with E-state index < -0.39 is 29.0 Å². The van der Waals surface area contributed by atoms with Crippen molar-refractivity contribution in [3.63, 3.8) is 0 Å². The van der Waals surface area contributed by atoms with Crippen LogP contribution in [0.2, 0.25) is 0 Å². The van der Waals surface area contributed by atoms with Crippen molar-refractivity contribution < 1.29 is 22.8 Å². The summed E-state index contributed by atoms with van der Waals surface area (Å²) in [6, 6.07) is 9.69. The molecule has 1 N–H and O–H groups in total. The molecule has 0 fully saturated rings. The molecule has 30 heavy (non-hydrogen) atoms. The molecule has 0 atom stereocenters. The van der Waals surface area contributed by atoms with Crippen LogP contribution in [0.1, 0.15) is 24.5 Å². The second-order valence-corrected chi connectivity index (χ2v) is 7.32. The van der Waals surface area contributed by atoms with Crippen LogP contribution in [-0.4, -0.2) is 47.8 Å². The second-order valence-electron chi connectivity index (χ2n) is 7.32. The van der Waals surface area contributed by atoms with Crippen LogP contribution in [0.25, 0.3) is 0 Å². The molecule has 0 aromatic heterocycles. The van der Waals surface area contributed by atoms with Gasteiger partial charge >= 0.3 is 0 Å². The summed E-state index contributed by atoms with van der Waals surface area (Å²) in [5.41, 5.74) is 1.92. The van der Waals surface area contributed by atoms with Crippen molar-refractivity contribution in [2.45, 2.75) is 26.3 Å². The Balaban J connectivity index is 1.60. The van der Waals surface area contributed by atoms with Gasteiger partial charge in [-0.2, -0.15) is 0 Å². The summed E-state index contributed by atoms with van der Waals surface area (Å²) < 4.78 is 40.2. The first-order valence-electron chi connectivity index (χ1n) is 9.89. The van der Waals surface area contributed by atoms with Gasteiger partial charge in [0.15, 0.2) is 17.5 Å². The lowest BCUT2D eigenvalue weighted by atomic mass is 10.00. The zero-order chi connectivity index (χ0) is 21.7. The first kappa shape index (κ1) is 21.8. The molecular formula is C22H24F3N3O2. The summed E-state index contributed by atoms with van der Waals surface area (Å²) in [6.45, 7) is 3.43. The molecule has 1 aliphatic heterocycles. The lowest BCUT2D eigenvalue weighted by Gasteiger charge is -2.31. The maximum Gasteiger partial charge on any atom is 0.238 e. The summed E-state index contributed by atoms with van der Waals surface area (Å²) in [7, 11) is 0. The summed E-state index contributed by atoms with van der Waals surface area (Å²) >= 11 is 0. The third-order valence-electron chi connectivity index (χ3n) is 5.06. The van der Waals surface area contributed by atoms with E-state index in [0.717, 1.165) is 24.1 Å². The fourth-order valence-corrected chi connectivity index (χ4v) is 3.55. The lowest BCUT2D eigenvalue weighted by Crippen LogP contribution is -2.45. The molecule has 2 amide bonds. The number of fused-ring (bicyclic) bond motifs is 1. The number of hydrogen-bond donors (Lipinski definition) is 1. The molecule has 0 bridgehead atoms. The zero-order valence-corrected chi connectivity index (χ0v) is 16.8. The Hall–Kier alpha value is -2.87. The molecule has 3 rings (SSSR count). The van der Waals surface area contributed by atoms with Gasteiger partial charge in [-0.1, -0.05) is 31.2 Å². The van der Waals surface area contributed by atoms with Crippen molar-refractivity contribution in [3.05, 3.63) is 65.0 Å². The summed E-state index contributed by atoms with van der Waals surface area (Å²) in [5.74, 6) is -5.12. The van der Waals surface area contributed by atoms with Gasteiger partial charge in [0.1, 0.15) is 0 Å². The zero-order valence-electron chi connectivity index (χ0n) is 16.8. The number of carbonyl (C=O) groups excluding carboxylic acids is 2. The fourth-order valence-electron chi connectivity index (χ4n) is 3.55. The average Bonchev–Trinajstić information content (AvgIpc) is 2.74. The molecule has 2 aromatic rings. The molecule has 0 radical (unpaired) electrons. The van der Waals surface area contributed by atoms with Crippen LogP contribution in [-0.2, 0) is 22.6 Å². The van der Waals surface area contributed by atoms with Gasteiger partial charge in [0.25, 0.3) is 0 Å². The van der Waals surface area contributed by atoms with Crippen LogP contribution < -0.4 is 5.32 Å². The minimum atomic E-state index is -1.64. The summed E-state index contributed by atoms with van der Waals surface area (Å²) in [5, 5.41) is 2.25. The molecule has 0 unspecified atom stereocenters. The highest BCUT2D eigenvalue weighted by Crippen LogP contribution is 2.20. The summed E-state index contributed by atoms with van der Waals surface area (Å²) in [6.07, 6.45) is 1.49. The SMILES string of the molecule is CCCN(CC(=O)Nc1ccc(F)c(F)c1F)CC(=O)N1CCc2ccccc2C1. The highest BCUT2D eigenvalue weighted by Gasteiger charge is 2.23. The number of amides is 2. The van der Waals surface area contributed by atoms with Crippen molar-refractivity contribution in [2.24, 2.45) is 0 Å². The van der Waals surface area contributed by atoms with Gasteiger partial charge in [-0.25, -0.2) is 13.2 Å². The third-order valence-corrected chi connectivity index (χ3v) is 5.06. The number of benzene rings is 2. The molecule has 2 aromatic carbocycles. The first-order chi connectivity index (χ1) is 14.4. The van der Waals surface area contributed by atoms with E-state index in [-0.39, 0.29) is 19.0 Å². The van der Waals surface area contributed by atoms with Crippen molar-refractivity contribution in [1.82, 2.24) is 9.80 Å². The number of nitrogens with zero attached hydrogens (tertiary/aromatic N) is 2. The van der Waals surface area contributed by atoms with Crippen molar-refractivity contribution in [1.29, 1.82) is 0 Å². The third kappa shape index (κ3) is 5.18. The normalized spacial score (nSPS) is 13.3. The molecule has 0 aliphatic carbocycles. The topological polar surface area (TPSA) is 52.7 Å². The number of rotatable bonds is 7. The lowest BCUT2D eigenvalue weighted by molar-refractivity contribution is -0.133. The van der Waals surface area contributed by atoms with Crippen molar-refractivity contribution in [2.75, 3.05) is 31.5 Å². The van der Waals surface area contributed by atoms with Gasteiger partial charge in [0.2, 0.25) is 11.8 Å². The number of hydrogen-bond acceptors (Lipinski definition) is 3. The first-order valence-corrected chi connectivity index (χ1v) is 9.89. The Labute approximate surface area is 173 Å². The quantitative estimate of drug-likeness (QED) is 0.701. The van der Waals surface area contributed by atoms with Crippen LogP contribution in [0, 0.1) is 17.5 Å². The van der Waals surface area contributed by atoms with E-state index in [1.807, 2.05) is 25.1 Å². The second kappa shape index (κ2) is 9.75. The highest BCUT2D eigenvalue weighted by atomic mass is 19.2. The number of carbonyl (C=O) groups is 2. The Bertz CT molecular complexity index is 936. The number of halogens is 3. The van der Waals surface area contributed by atoms with Gasteiger partial charge in [-0.3, -0.25) is 14.5 Å². The molecule has 1 heterocycles. The Kier molecular flexibility index (Phi) is 7.10. The van der Waals surface area contributed by atoms with Crippen LogP contribution in [0.15, 0.2) is 36.4 Å². The van der Waals surface area contributed by atoms with Crippen LogP contribution in [0.5, 0.6) is 0 Å². The van der Waals surface area contributed by atoms with Crippen LogP contribution >= 0.6 is 0 Å². The van der Waals surface area contributed by atoms with Gasteiger partial charge in [-0.05, 0) is 42.6 Å². The monoisotopic (exact) mass is 419 g/mol. The minimum Gasteiger partial charge on any atom is -0.337 e. The van der Waals surface area contributed by atoms with Gasteiger partial charge in [0, 0.05) is 13.1 Å². The van der Waals surface area contributed by atoms with Crippen LogP contribution in [0.3, 0.4) is 0 Å². The largest absolute Gasteiger partial charge is 0.337 e. The molecule has 160 valence electrons. The Morgan fingerprint density at radius 2 is 1.77 bits per heavy atom. The molecule has 1 aliphatic rings. The maximum absolute atomic E-state index is 13.8. The van der Waals surface area contributed by atoms with E-state index in [9.17, 15) is 22.8 Å². The predicted octanol–water partition coefficient (Wildman–Crippen LogP) is 3.34. The van der Waals surface area contributed by atoms with Gasteiger partial charge in [0.05, 0.1) is 18.8 Å². The highest BCUT2D eigenvalue weighted by molar-refractivity contribution is 5.92. The van der Waals surface area contributed by atoms with E-state index in [1.54, 1.807) is 9.80 Å². The minimum absolute atomic E-state index is 0.0453. The molecule has 0 spiro atoms. The maximum atomic E-state index is 13.8. The van der Waals surface area contributed by atoms with E-state index in [2.05, 4.69) is 11.4 Å². The van der Waals surface area contributed by atoms with Crippen molar-refractivity contribution >= 4 is 17.5 Å². The van der Waals surface area contributed by atoms with E-state index >= 15 is 0 Å².